The Labute approximate surface area is 108 Å². The van der Waals surface area contributed by atoms with Gasteiger partial charge in [-0.2, -0.15) is 0 Å². The fourth-order valence-corrected chi connectivity index (χ4v) is 1.60. The Kier molecular flexibility index (Phi) is 4.62. The van der Waals surface area contributed by atoms with Gasteiger partial charge in [0.25, 0.3) is 5.69 Å². The van der Waals surface area contributed by atoms with Gasteiger partial charge < -0.3 is 10.5 Å². The highest BCUT2D eigenvalue weighted by atomic mass is 79.9. The van der Waals surface area contributed by atoms with E-state index in [0.29, 0.717) is 16.6 Å². The average Bonchev–Trinajstić information content (AvgIpc) is 2.18. The van der Waals surface area contributed by atoms with Crippen molar-refractivity contribution in [3.8, 4) is 0 Å². The van der Waals surface area contributed by atoms with Crippen molar-refractivity contribution in [1.29, 1.82) is 0 Å². The van der Waals surface area contributed by atoms with Crippen LogP contribution in [0.25, 0.3) is 0 Å². The second-order valence-electron chi connectivity index (χ2n) is 4.51. The molecule has 0 spiro atoms. The van der Waals surface area contributed by atoms with Gasteiger partial charge in [-0.15, -0.1) is 0 Å². The van der Waals surface area contributed by atoms with Gasteiger partial charge in [-0.05, 0) is 26.0 Å². The highest BCUT2D eigenvalue weighted by Crippen LogP contribution is 2.24. The Balaban J connectivity index is 2.74. The summed E-state index contributed by atoms with van der Waals surface area (Å²) in [5, 5.41) is 10.8. The number of nitrogens with zero attached hydrogens (tertiary/aromatic N) is 1. The van der Waals surface area contributed by atoms with E-state index in [4.69, 9.17) is 10.5 Å². The van der Waals surface area contributed by atoms with E-state index in [0.717, 1.165) is 0 Å². The molecule has 0 fully saturated rings. The van der Waals surface area contributed by atoms with E-state index in [9.17, 15) is 10.1 Å². The van der Waals surface area contributed by atoms with Crippen LogP contribution in [0.15, 0.2) is 22.7 Å². The second-order valence-corrected chi connectivity index (χ2v) is 5.43. The number of halogens is 1. The lowest BCUT2D eigenvalue weighted by Crippen LogP contribution is -2.37. The van der Waals surface area contributed by atoms with Crippen LogP contribution in [-0.4, -0.2) is 17.1 Å². The number of benzene rings is 1. The molecule has 2 N–H and O–H groups in total. The third-order valence-corrected chi connectivity index (χ3v) is 2.47. The lowest BCUT2D eigenvalue weighted by Gasteiger charge is -2.18. The molecule has 0 aliphatic rings. The topological polar surface area (TPSA) is 78.4 Å². The summed E-state index contributed by atoms with van der Waals surface area (Å²) in [6.45, 7) is 4.20. The lowest BCUT2D eigenvalue weighted by atomic mass is 10.1. The highest BCUT2D eigenvalue weighted by molar-refractivity contribution is 9.10. The molecule has 0 aliphatic heterocycles. The van der Waals surface area contributed by atoms with Crippen LogP contribution in [0, 0.1) is 10.1 Å². The van der Waals surface area contributed by atoms with Crippen LogP contribution in [0.2, 0.25) is 0 Å². The number of ether oxygens (including phenoxy) is 1. The first-order chi connectivity index (χ1) is 7.79. The molecule has 0 heterocycles. The maximum atomic E-state index is 10.8. The van der Waals surface area contributed by atoms with Gasteiger partial charge in [-0.3, -0.25) is 10.1 Å². The van der Waals surface area contributed by atoms with Gasteiger partial charge in [0.05, 0.1) is 23.7 Å². The molecule has 0 unspecified atom stereocenters. The maximum absolute atomic E-state index is 10.8. The number of rotatable bonds is 5. The first-order valence-corrected chi connectivity index (χ1v) is 5.88. The van der Waals surface area contributed by atoms with Crippen molar-refractivity contribution >= 4 is 21.6 Å². The number of hydrogen-bond donors (Lipinski definition) is 1. The van der Waals surface area contributed by atoms with Crippen molar-refractivity contribution < 1.29 is 9.66 Å². The van der Waals surface area contributed by atoms with Crippen LogP contribution in [-0.2, 0) is 11.3 Å². The molecule has 0 saturated heterocycles. The molecule has 0 aromatic heterocycles. The minimum absolute atomic E-state index is 0.0502. The van der Waals surface area contributed by atoms with E-state index in [1.807, 2.05) is 13.8 Å². The Hall–Kier alpha value is -0.980. The standard InChI is InChI=1S/C11H15BrN2O3/c1-11(2,13)7-17-6-8-3-4-9(12)5-10(8)14(15)16/h3-5H,6-7,13H2,1-2H3. The predicted molar refractivity (Wildman–Crippen MR) is 68.7 cm³/mol. The molecular formula is C11H15BrN2O3. The Bertz CT molecular complexity index is 416. The molecule has 0 amide bonds. The molecule has 0 atom stereocenters. The first kappa shape index (κ1) is 14.1. The summed E-state index contributed by atoms with van der Waals surface area (Å²) in [4.78, 5) is 10.4. The molecule has 0 saturated carbocycles. The summed E-state index contributed by atoms with van der Waals surface area (Å²) < 4.78 is 6.04. The summed E-state index contributed by atoms with van der Waals surface area (Å²) in [7, 11) is 0. The number of hydrogen-bond acceptors (Lipinski definition) is 4. The number of nitrogens with two attached hydrogens (primary N) is 1. The Morgan fingerprint density at radius 3 is 2.71 bits per heavy atom. The molecule has 17 heavy (non-hydrogen) atoms. The molecule has 6 heteroatoms. The summed E-state index contributed by atoms with van der Waals surface area (Å²) in [5.41, 5.74) is 5.91. The molecule has 5 nitrogen and oxygen atoms in total. The third-order valence-electron chi connectivity index (χ3n) is 1.98. The molecule has 1 rings (SSSR count). The summed E-state index contributed by atoms with van der Waals surface area (Å²) >= 11 is 3.20. The fraction of sp³-hybridized carbons (Fsp3) is 0.455. The van der Waals surface area contributed by atoms with Gasteiger partial charge in [0.2, 0.25) is 0 Å². The zero-order chi connectivity index (χ0) is 13.1. The zero-order valence-electron chi connectivity index (χ0n) is 9.77. The van der Waals surface area contributed by atoms with Gasteiger partial charge in [0, 0.05) is 16.1 Å². The van der Waals surface area contributed by atoms with Gasteiger partial charge in [0.15, 0.2) is 0 Å². The van der Waals surface area contributed by atoms with E-state index in [1.54, 1.807) is 12.1 Å². The Morgan fingerprint density at radius 2 is 2.18 bits per heavy atom. The van der Waals surface area contributed by atoms with E-state index >= 15 is 0 Å². The van der Waals surface area contributed by atoms with Crippen molar-refractivity contribution in [3.63, 3.8) is 0 Å². The fourth-order valence-electron chi connectivity index (χ4n) is 1.25. The smallest absolute Gasteiger partial charge is 0.276 e. The second kappa shape index (κ2) is 5.57. The molecule has 1 aromatic carbocycles. The van der Waals surface area contributed by atoms with Crippen molar-refractivity contribution in [2.45, 2.75) is 26.0 Å². The lowest BCUT2D eigenvalue weighted by molar-refractivity contribution is -0.386. The largest absolute Gasteiger partial charge is 0.375 e. The number of nitro benzene ring substituents is 1. The summed E-state index contributed by atoms with van der Waals surface area (Å²) in [5.74, 6) is 0. The molecule has 0 bridgehead atoms. The predicted octanol–water partition coefficient (Wildman–Crippen LogP) is 2.61. The van der Waals surface area contributed by atoms with Crippen LogP contribution in [0.1, 0.15) is 19.4 Å². The van der Waals surface area contributed by atoms with Crippen LogP contribution in [0.4, 0.5) is 5.69 Å². The third kappa shape index (κ3) is 4.80. The highest BCUT2D eigenvalue weighted by Gasteiger charge is 2.16. The summed E-state index contributed by atoms with van der Waals surface area (Å²) in [6, 6.07) is 4.89. The molecule has 94 valence electrons. The van der Waals surface area contributed by atoms with Crippen LogP contribution in [0.5, 0.6) is 0 Å². The van der Waals surface area contributed by atoms with Gasteiger partial charge in [-0.25, -0.2) is 0 Å². The minimum atomic E-state index is -0.440. The maximum Gasteiger partial charge on any atom is 0.276 e. The number of nitro groups is 1. The normalized spacial score (nSPS) is 11.5. The Morgan fingerprint density at radius 1 is 1.53 bits per heavy atom. The molecule has 1 aromatic rings. The van der Waals surface area contributed by atoms with Crippen molar-refractivity contribution in [3.05, 3.63) is 38.3 Å². The SMILES string of the molecule is CC(C)(N)COCc1ccc(Br)cc1[N+](=O)[O-]. The van der Waals surface area contributed by atoms with Crippen LogP contribution >= 0.6 is 15.9 Å². The van der Waals surface area contributed by atoms with Crippen LogP contribution < -0.4 is 5.73 Å². The van der Waals surface area contributed by atoms with E-state index in [-0.39, 0.29) is 12.3 Å². The van der Waals surface area contributed by atoms with Crippen molar-refractivity contribution in [2.24, 2.45) is 5.73 Å². The van der Waals surface area contributed by atoms with Crippen molar-refractivity contribution in [1.82, 2.24) is 0 Å². The first-order valence-electron chi connectivity index (χ1n) is 5.09. The van der Waals surface area contributed by atoms with Gasteiger partial charge in [-0.1, -0.05) is 15.9 Å². The zero-order valence-corrected chi connectivity index (χ0v) is 11.4. The molecular weight excluding hydrogens is 288 g/mol. The minimum Gasteiger partial charge on any atom is -0.375 e. The quantitative estimate of drug-likeness (QED) is 0.670. The van der Waals surface area contributed by atoms with Gasteiger partial charge in [0.1, 0.15) is 0 Å². The van der Waals surface area contributed by atoms with E-state index < -0.39 is 10.5 Å². The molecule has 0 radical (unpaired) electrons. The van der Waals surface area contributed by atoms with Crippen molar-refractivity contribution in [2.75, 3.05) is 6.61 Å². The monoisotopic (exact) mass is 302 g/mol. The van der Waals surface area contributed by atoms with E-state index in [1.165, 1.54) is 6.07 Å². The average molecular weight is 303 g/mol. The van der Waals surface area contributed by atoms with Gasteiger partial charge >= 0.3 is 0 Å². The molecule has 0 aliphatic carbocycles. The summed E-state index contributed by atoms with van der Waals surface area (Å²) in [6.07, 6.45) is 0. The van der Waals surface area contributed by atoms with Crippen LogP contribution in [0.3, 0.4) is 0 Å². The van der Waals surface area contributed by atoms with E-state index in [2.05, 4.69) is 15.9 Å².